The van der Waals surface area contributed by atoms with Crippen LogP contribution in [0.3, 0.4) is 0 Å². The van der Waals surface area contributed by atoms with Crippen LogP contribution in [0.4, 0.5) is 13.2 Å². The third kappa shape index (κ3) is 6.07. The Morgan fingerprint density at radius 2 is 1.95 bits per heavy atom. The molecule has 0 aliphatic heterocycles. The van der Waals surface area contributed by atoms with Gasteiger partial charge in [-0.2, -0.15) is 13.2 Å². The summed E-state index contributed by atoms with van der Waals surface area (Å²) >= 11 is 0. The van der Waals surface area contributed by atoms with Gasteiger partial charge in [0.25, 0.3) is 0 Å². The number of hydrogen-bond donors (Lipinski definition) is 1. The Morgan fingerprint density at radius 1 is 1.26 bits per heavy atom. The van der Waals surface area contributed by atoms with E-state index in [0.717, 1.165) is 16.7 Å². The molecule has 0 amide bonds. The van der Waals surface area contributed by atoms with Crippen LogP contribution in [-0.2, 0) is 4.74 Å². The summed E-state index contributed by atoms with van der Waals surface area (Å²) in [6.45, 7) is 4.28. The molecule has 0 fully saturated rings. The van der Waals surface area contributed by atoms with Gasteiger partial charge in [-0.25, -0.2) is 0 Å². The average Bonchev–Trinajstić information content (AvgIpc) is 2.26. The minimum Gasteiger partial charge on any atom is -0.379 e. The van der Waals surface area contributed by atoms with Gasteiger partial charge in [-0.1, -0.05) is 23.8 Å². The van der Waals surface area contributed by atoms with Gasteiger partial charge in [0.05, 0.1) is 12.6 Å². The van der Waals surface area contributed by atoms with E-state index in [1.54, 1.807) is 0 Å². The van der Waals surface area contributed by atoms with Crippen molar-refractivity contribution in [2.45, 2.75) is 38.9 Å². The fourth-order valence-electron chi connectivity index (χ4n) is 1.92. The lowest BCUT2D eigenvalue weighted by Gasteiger charge is -2.15. The van der Waals surface area contributed by atoms with Crippen LogP contribution in [0.5, 0.6) is 0 Å². The molecule has 1 aromatic rings. The maximum absolute atomic E-state index is 11.9. The summed E-state index contributed by atoms with van der Waals surface area (Å²) in [6.07, 6.45) is -4.95. The third-order valence-electron chi connectivity index (χ3n) is 2.87. The minimum absolute atomic E-state index is 0.0247. The van der Waals surface area contributed by atoms with E-state index in [1.807, 2.05) is 32.0 Å². The van der Waals surface area contributed by atoms with Crippen molar-refractivity contribution in [2.75, 3.05) is 13.2 Å². The van der Waals surface area contributed by atoms with E-state index < -0.39 is 12.6 Å². The van der Waals surface area contributed by atoms with Gasteiger partial charge >= 0.3 is 6.18 Å². The molecule has 0 heterocycles. The van der Waals surface area contributed by atoms with E-state index in [4.69, 9.17) is 10.5 Å². The van der Waals surface area contributed by atoms with Crippen LogP contribution in [-0.4, -0.2) is 19.4 Å². The molecule has 0 aromatic heterocycles. The zero-order valence-corrected chi connectivity index (χ0v) is 11.3. The highest BCUT2D eigenvalue weighted by molar-refractivity contribution is 5.32. The molecule has 1 rings (SSSR count). The summed E-state index contributed by atoms with van der Waals surface area (Å²) in [5, 5.41) is 0. The Bertz CT molecular complexity index is 404. The number of alkyl halides is 3. The molecular weight excluding hydrogens is 255 g/mol. The summed E-state index contributed by atoms with van der Waals surface area (Å²) in [4.78, 5) is 0. The fraction of sp³-hybridized carbons (Fsp3) is 0.571. The lowest BCUT2D eigenvalue weighted by molar-refractivity contribution is -0.137. The van der Waals surface area contributed by atoms with Crippen molar-refractivity contribution in [3.05, 3.63) is 34.9 Å². The highest BCUT2D eigenvalue weighted by Crippen LogP contribution is 2.21. The molecule has 2 nitrogen and oxygen atoms in total. The second-order valence-electron chi connectivity index (χ2n) is 4.76. The van der Waals surface area contributed by atoms with E-state index >= 15 is 0 Å². The van der Waals surface area contributed by atoms with Crippen LogP contribution in [0.25, 0.3) is 0 Å². The Balaban J connectivity index is 2.33. The van der Waals surface area contributed by atoms with E-state index in [1.165, 1.54) is 0 Å². The van der Waals surface area contributed by atoms with Gasteiger partial charge in [0.1, 0.15) is 0 Å². The maximum Gasteiger partial charge on any atom is 0.389 e. The number of nitrogens with two attached hydrogens (primary N) is 1. The first-order valence-electron chi connectivity index (χ1n) is 6.27. The van der Waals surface area contributed by atoms with Gasteiger partial charge in [-0.15, -0.1) is 0 Å². The summed E-state index contributed by atoms with van der Waals surface area (Å²) in [7, 11) is 0. The van der Waals surface area contributed by atoms with Crippen LogP contribution in [0.15, 0.2) is 18.2 Å². The summed E-state index contributed by atoms with van der Waals surface area (Å²) in [5.41, 5.74) is 9.17. The van der Waals surface area contributed by atoms with Crippen molar-refractivity contribution in [1.82, 2.24) is 0 Å². The smallest absolute Gasteiger partial charge is 0.379 e. The van der Waals surface area contributed by atoms with Crippen LogP contribution >= 0.6 is 0 Å². The van der Waals surface area contributed by atoms with Crippen molar-refractivity contribution in [3.8, 4) is 0 Å². The van der Waals surface area contributed by atoms with Crippen LogP contribution in [0.2, 0.25) is 0 Å². The van der Waals surface area contributed by atoms with Crippen molar-refractivity contribution in [1.29, 1.82) is 0 Å². The number of halogens is 3. The predicted octanol–water partition coefficient (Wildman–Crippen LogP) is 3.66. The van der Waals surface area contributed by atoms with E-state index in [-0.39, 0.29) is 25.7 Å². The molecule has 5 heteroatoms. The van der Waals surface area contributed by atoms with Crippen LogP contribution in [0, 0.1) is 13.8 Å². The van der Waals surface area contributed by atoms with Crippen molar-refractivity contribution in [2.24, 2.45) is 5.73 Å². The average molecular weight is 275 g/mol. The Labute approximate surface area is 111 Å². The molecule has 0 spiro atoms. The Morgan fingerprint density at radius 3 is 2.53 bits per heavy atom. The molecule has 0 saturated carbocycles. The Hall–Kier alpha value is -1.07. The van der Waals surface area contributed by atoms with E-state index in [9.17, 15) is 13.2 Å². The quantitative estimate of drug-likeness (QED) is 0.804. The van der Waals surface area contributed by atoms with E-state index in [0.29, 0.717) is 0 Å². The van der Waals surface area contributed by atoms with Gasteiger partial charge in [0.2, 0.25) is 0 Å². The molecule has 108 valence electrons. The lowest BCUT2D eigenvalue weighted by Crippen LogP contribution is -2.19. The molecular formula is C14H20F3NO. The number of ether oxygens (including phenoxy) is 1. The Kier molecular flexibility index (Phi) is 5.82. The van der Waals surface area contributed by atoms with Crippen LogP contribution in [0.1, 0.15) is 35.6 Å². The van der Waals surface area contributed by atoms with Crippen molar-refractivity contribution in [3.63, 3.8) is 0 Å². The van der Waals surface area contributed by atoms with Crippen LogP contribution < -0.4 is 5.73 Å². The normalized spacial score (nSPS) is 13.6. The molecule has 2 N–H and O–H groups in total. The summed E-state index contributed by atoms with van der Waals surface area (Å²) in [5.74, 6) is 0. The highest BCUT2D eigenvalue weighted by atomic mass is 19.4. The first-order chi connectivity index (χ1) is 8.79. The maximum atomic E-state index is 11.9. The zero-order valence-electron chi connectivity index (χ0n) is 11.3. The van der Waals surface area contributed by atoms with E-state index in [2.05, 4.69) is 0 Å². The minimum atomic E-state index is -4.11. The standard InChI is InChI=1S/C14H20F3NO/c1-10-4-5-12(11(2)8-10)13(18)9-19-7-3-6-14(15,16)17/h4-5,8,13H,3,6-7,9,18H2,1-2H3. The monoisotopic (exact) mass is 275 g/mol. The van der Waals surface area contributed by atoms with Gasteiger partial charge in [0, 0.05) is 13.0 Å². The second kappa shape index (κ2) is 6.91. The molecule has 1 unspecified atom stereocenters. The largest absolute Gasteiger partial charge is 0.389 e. The molecule has 0 saturated heterocycles. The molecule has 0 aliphatic carbocycles. The zero-order chi connectivity index (χ0) is 14.5. The molecule has 1 atom stereocenters. The first kappa shape index (κ1) is 16.0. The highest BCUT2D eigenvalue weighted by Gasteiger charge is 2.25. The molecule has 19 heavy (non-hydrogen) atoms. The predicted molar refractivity (Wildman–Crippen MR) is 69.0 cm³/mol. The van der Waals surface area contributed by atoms with Gasteiger partial charge in [0.15, 0.2) is 0 Å². The van der Waals surface area contributed by atoms with Gasteiger partial charge in [-0.3, -0.25) is 0 Å². The molecule has 0 bridgehead atoms. The fourth-order valence-corrected chi connectivity index (χ4v) is 1.92. The van der Waals surface area contributed by atoms with Crippen molar-refractivity contribution < 1.29 is 17.9 Å². The topological polar surface area (TPSA) is 35.2 Å². The second-order valence-corrected chi connectivity index (χ2v) is 4.76. The first-order valence-corrected chi connectivity index (χ1v) is 6.27. The molecule has 0 radical (unpaired) electrons. The van der Waals surface area contributed by atoms with Gasteiger partial charge < -0.3 is 10.5 Å². The lowest BCUT2D eigenvalue weighted by atomic mass is 10.0. The number of aryl methyl sites for hydroxylation is 2. The number of rotatable bonds is 6. The molecule has 1 aromatic carbocycles. The van der Waals surface area contributed by atoms with Gasteiger partial charge in [-0.05, 0) is 31.4 Å². The SMILES string of the molecule is Cc1ccc(C(N)COCCCC(F)(F)F)c(C)c1. The molecule has 0 aliphatic rings. The number of hydrogen-bond acceptors (Lipinski definition) is 2. The third-order valence-corrected chi connectivity index (χ3v) is 2.87. The summed E-state index contributed by atoms with van der Waals surface area (Å²) < 4.78 is 41.0. The summed E-state index contributed by atoms with van der Waals surface area (Å²) in [6, 6.07) is 5.63. The van der Waals surface area contributed by atoms with Crippen molar-refractivity contribution >= 4 is 0 Å². The number of benzene rings is 1.